The van der Waals surface area contributed by atoms with Crippen molar-refractivity contribution >= 4 is 10.0 Å². The zero-order valence-electron chi connectivity index (χ0n) is 14.3. The number of rotatable bonds is 6. The first-order valence-corrected chi connectivity index (χ1v) is 8.98. The van der Waals surface area contributed by atoms with Crippen LogP contribution in [0.1, 0.15) is 24.1 Å². The molecule has 2 aromatic rings. The van der Waals surface area contributed by atoms with Gasteiger partial charge in [-0.05, 0) is 36.8 Å². The van der Waals surface area contributed by atoms with Gasteiger partial charge in [-0.3, -0.25) is 0 Å². The maximum absolute atomic E-state index is 12.6. The Bertz CT molecular complexity index is 865. The quantitative estimate of drug-likeness (QED) is 0.817. The molecule has 0 amide bonds. The summed E-state index contributed by atoms with van der Waals surface area (Å²) in [4.78, 5) is -0.0473. The second-order valence-corrected chi connectivity index (χ2v) is 7.19. The largest absolute Gasteiger partial charge is 0.493 e. The van der Waals surface area contributed by atoms with Crippen molar-refractivity contribution in [2.75, 3.05) is 14.2 Å². The van der Waals surface area contributed by atoms with Gasteiger partial charge in [-0.1, -0.05) is 12.1 Å². The van der Waals surface area contributed by atoms with E-state index in [0.717, 1.165) is 12.1 Å². The van der Waals surface area contributed by atoms with Crippen LogP contribution < -0.4 is 14.2 Å². The van der Waals surface area contributed by atoms with Crippen molar-refractivity contribution in [3.05, 3.63) is 53.6 Å². The number of benzene rings is 2. The molecular formula is C17H18F3NO4S. The molecular weight excluding hydrogens is 371 g/mol. The maximum atomic E-state index is 12.6. The zero-order valence-corrected chi connectivity index (χ0v) is 15.1. The van der Waals surface area contributed by atoms with E-state index in [2.05, 4.69) is 4.72 Å². The lowest BCUT2D eigenvalue weighted by Crippen LogP contribution is -2.27. The van der Waals surface area contributed by atoms with Crippen LogP contribution in [0.5, 0.6) is 11.5 Å². The van der Waals surface area contributed by atoms with E-state index >= 15 is 0 Å². The lowest BCUT2D eigenvalue weighted by atomic mass is 10.1. The van der Waals surface area contributed by atoms with Gasteiger partial charge in [0, 0.05) is 12.1 Å². The molecule has 2 rings (SSSR count). The maximum Gasteiger partial charge on any atom is 0.416 e. The Morgan fingerprint density at radius 3 is 2.04 bits per heavy atom. The van der Waals surface area contributed by atoms with E-state index in [1.807, 2.05) is 0 Å². The molecule has 0 saturated heterocycles. The van der Waals surface area contributed by atoms with E-state index in [-0.39, 0.29) is 10.6 Å². The third-order valence-corrected chi connectivity index (χ3v) is 5.27. The van der Waals surface area contributed by atoms with E-state index < -0.39 is 27.8 Å². The Morgan fingerprint density at radius 2 is 1.54 bits per heavy atom. The smallest absolute Gasteiger partial charge is 0.416 e. The molecule has 0 fully saturated rings. The predicted octanol–water partition coefficient (Wildman–Crippen LogP) is 3.76. The minimum atomic E-state index is -4.44. The van der Waals surface area contributed by atoms with Crippen molar-refractivity contribution in [1.82, 2.24) is 4.72 Å². The van der Waals surface area contributed by atoms with Gasteiger partial charge in [-0.15, -0.1) is 0 Å². The van der Waals surface area contributed by atoms with Crippen LogP contribution >= 0.6 is 0 Å². The highest BCUT2D eigenvalue weighted by atomic mass is 32.2. The minimum Gasteiger partial charge on any atom is -0.493 e. The lowest BCUT2D eigenvalue weighted by Gasteiger charge is -2.16. The van der Waals surface area contributed by atoms with E-state index in [0.29, 0.717) is 11.3 Å². The molecule has 0 aliphatic rings. The standard InChI is InChI=1S/C17H18F3NO4S/c1-11(12-4-6-13(7-5-12)17(18,19)20)21-26(22,23)14-8-9-15(24-2)16(10-14)25-3/h4-11,21H,1-3H3/t11-/m0/s1. The molecule has 9 heteroatoms. The molecule has 0 spiro atoms. The van der Waals surface area contributed by atoms with Gasteiger partial charge in [0.25, 0.3) is 0 Å². The molecule has 1 atom stereocenters. The van der Waals surface area contributed by atoms with Gasteiger partial charge in [0.2, 0.25) is 10.0 Å². The third-order valence-electron chi connectivity index (χ3n) is 3.74. The molecule has 0 saturated carbocycles. The molecule has 0 radical (unpaired) electrons. The predicted molar refractivity (Wildman–Crippen MR) is 89.7 cm³/mol. The third kappa shape index (κ3) is 4.47. The fourth-order valence-corrected chi connectivity index (χ4v) is 3.56. The minimum absolute atomic E-state index is 0.0473. The second kappa shape index (κ2) is 7.55. The number of methoxy groups -OCH3 is 2. The van der Waals surface area contributed by atoms with Gasteiger partial charge in [-0.25, -0.2) is 13.1 Å². The van der Waals surface area contributed by atoms with Gasteiger partial charge in [0.05, 0.1) is 24.7 Å². The van der Waals surface area contributed by atoms with Gasteiger partial charge >= 0.3 is 6.18 Å². The first-order chi connectivity index (χ1) is 12.1. The molecule has 26 heavy (non-hydrogen) atoms. The number of sulfonamides is 1. The van der Waals surface area contributed by atoms with Crippen LogP contribution in [0.15, 0.2) is 47.4 Å². The first-order valence-electron chi connectivity index (χ1n) is 7.50. The van der Waals surface area contributed by atoms with Gasteiger partial charge in [-0.2, -0.15) is 13.2 Å². The van der Waals surface area contributed by atoms with Crippen LogP contribution in [0, 0.1) is 0 Å². The van der Waals surface area contributed by atoms with E-state index in [4.69, 9.17) is 9.47 Å². The SMILES string of the molecule is COc1ccc(S(=O)(=O)N[C@@H](C)c2ccc(C(F)(F)F)cc2)cc1OC. The van der Waals surface area contributed by atoms with E-state index in [1.165, 1.54) is 44.6 Å². The normalized spacial score (nSPS) is 13.3. The number of halogens is 3. The summed E-state index contributed by atoms with van der Waals surface area (Å²) in [6.07, 6.45) is -4.44. The van der Waals surface area contributed by atoms with Gasteiger partial charge in [0.15, 0.2) is 11.5 Å². The van der Waals surface area contributed by atoms with Crippen LogP contribution in [0.25, 0.3) is 0 Å². The lowest BCUT2D eigenvalue weighted by molar-refractivity contribution is -0.137. The highest BCUT2D eigenvalue weighted by Crippen LogP contribution is 2.31. The number of ether oxygens (including phenoxy) is 2. The van der Waals surface area contributed by atoms with Crippen LogP contribution in [-0.2, 0) is 16.2 Å². The average molecular weight is 389 g/mol. The number of hydrogen-bond acceptors (Lipinski definition) is 4. The molecule has 0 bridgehead atoms. The van der Waals surface area contributed by atoms with Crippen molar-refractivity contribution < 1.29 is 31.1 Å². The zero-order chi connectivity index (χ0) is 19.5. The summed E-state index contributed by atoms with van der Waals surface area (Å²) in [7, 11) is -1.10. The molecule has 0 aliphatic carbocycles. The Morgan fingerprint density at radius 1 is 0.962 bits per heavy atom. The Labute approximate surface area is 149 Å². The molecule has 0 unspecified atom stereocenters. The summed E-state index contributed by atoms with van der Waals surface area (Å²) in [6.45, 7) is 1.54. The van der Waals surface area contributed by atoms with E-state index in [9.17, 15) is 21.6 Å². The molecule has 0 heterocycles. The molecule has 2 aromatic carbocycles. The molecule has 0 aliphatic heterocycles. The highest BCUT2D eigenvalue weighted by molar-refractivity contribution is 7.89. The summed E-state index contributed by atoms with van der Waals surface area (Å²) in [5.41, 5.74) is -0.391. The monoisotopic (exact) mass is 389 g/mol. The summed E-state index contributed by atoms with van der Waals surface area (Å²) < 4.78 is 75.5. The Balaban J connectivity index is 2.23. The summed E-state index contributed by atoms with van der Waals surface area (Å²) >= 11 is 0. The van der Waals surface area contributed by atoms with Crippen molar-refractivity contribution in [2.45, 2.75) is 24.0 Å². The fraction of sp³-hybridized carbons (Fsp3) is 0.294. The van der Waals surface area contributed by atoms with E-state index in [1.54, 1.807) is 6.92 Å². The van der Waals surface area contributed by atoms with Crippen molar-refractivity contribution in [3.63, 3.8) is 0 Å². The number of hydrogen-bond donors (Lipinski definition) is 1. The Hall–Kier alpha value is -2.26. The number of alkyl halides is 3. The fourth-order valence-electron chi connectivity index (χ4n) is 2.31. The van der Waals surface area contributed by atoms with Gasteiger partial charge < -0.3 is 9.47 Å². The average Bonchev–Trinajstić information content (AvgIpc) is 2.60. The first kappa shape index (κ1) is 20.1. The molecule has 1 N–H and O–H groups in total. The molecule has 0 aromatic heterocycles. The molecule has 142 valence electrons. The van der Waals surface area contributed by atoms with Crippen LogP contribution in [0.3, 0.4) is 0 Å². The van der Waals surface area contributed by atoms with Crippen molar-refractivity contribution in [2.24, 2.45) is 0 Å². The highest BCUT2D eigenvalue weighted by Gasteiger charge is 2.30. The van der Waals surface area contributed by atoms with Crippen LogP contribution in [-0.4, -0.2) is 22.6 Å². The number of nitrogens with one attached hydrogen (secondary N) is 1. The van der Waals surface area contributed by atoms with Crippen LogP contribution in [0.2, 0.25) is 0 Å². The summed E-state index contributed by atoms with van der Waals surface area (Å²) in [5.74, 6) is 0.625. The van der Waals surface area contributed by atoms with Crippen molar-refractivity contribution in [1.29, 1.82) is 0 Å². The van der Waals surface area contributed by atoms with Crippen LogP contribution in [0.4, 0.5) is 13.2 Å². The van der Waals surface area contributed by atoms with Gasteiger partial charge in [0.1, 0.15) is 0 Å². The summed E-state index contributed by atoms with van der Waals surface area (Å²) in [5, 5.41) is 0. The summed E-state index contributed by atoms with van der Waals surface area (Å²) in [6, 6.07) is 7.69. The van der Waals surface area contributed by atoms with Crippen molar-refractivity contribution in [3.8, 4) is 11.5 Å². The second-order valence-electron chi connectivity index (χ2n) is 5.48. The topological polar surface area (TPSA) is 64.6 Å². The molecule has 5 nitrogen and oxygen atoms in total. The Kier molecular flexibility index (Phi) is 5.82.